The molecule has 36 heavy (non-hydrogen) atoms. The minimum absolute atomic E-state index is 0.140. The van der Waals surface area contributed by atoms with Gasteiger partial charge in [0.1, 0.15) is 0 Å². The van der Waals surface area contributed by atoms with Crippen molar-refractivity contribution in [2.75, 3.05) is 24.4 Å². The molecular formula is C24H36N6O2P2Se2. The Hall–Kier alpha value is -1.56. The van der Waals surface area contributed by atoms with Gasteiger partial charge in [0.15, 0.2) is 0 Å². The van der Waals surface area contributed by atoms with Crippen LogP contribution in [-0.4, -0.2) is 74.8 Å². The van der Waals surface area contributed by atoms with Crippen molar-refractivity contribution in [3.63, 3.8) is 0 Å². The molecule has 1 heterocycles. The summed E-state index contributed by atoms with van der Waals surface area (Å²) in [6, 6.07) is 15.4. The van der Waals surface area contributed by atoms with E-state index >= 15 is 0 Å². The standard InChI is InChI=1S/C22H26N6P2Se2.2CH4O/c1-21(2,3)27-29(31,25-19-11-7-17(15-23)8-12-19)28(22(4,5)6)30(27,32)26-20-13-9-18(16-24)10-14-20;2*1-2/h7-14H,1-6H3;2*2H,1H3/q-2;;/p+2. The second kappa shape index (κ2) is 12.8. The number of nitriles is 2. The molecule has 0 aromatic heterocycles. The van der Waals surface area contributed by atoms with Crippen molar-refractivity contribution in [3.8, 4) is 12.1 Å². The fourth-order valence-electron chi connectivity index (χ4n) is 3.85. The third-order valence-electron chi connectivity index (χ3n) is 4.80. The maximum Gasteiger partial charge on any atom is 0.0319 e. The van der Waals surface area contributed by atoms with Crippen LogP contribution in [0.25, 0.3) is 0 Å². The van der Waals surface area contributed by atoms with Crippen LogP contribution in [0.3, 0.4) is 0 Å². The van der Waals surface area contributed by atoms with E-state index < -0.39 is 12.1 Å². The molecule has 4 N–H and O–H groups in total. The molecule has 1 aliphatic heterocycles. The first kappa shape index (κ1) is 32.5. The summed E-state index contributed by atoms with van der Waals surface area (Å²) in [4.78, 5) is 0. The summed E-state index contributed by atoms with van der Waals surface area (Å²) in [5.41, 5.74) is 2.96. The van der Waals surface area contributed by atoms with E-state index in [1.807, 2.05) is 48.5 Å². The van der Waals surface area contributed by atoms with Gasteiger partial charge in [-0.2, -0.15) is 0 Å². The fraction of sp³-hybridized carbons (Fsp3) is 0.417. The van der Waals surface area contributed by atoms with Crippen LogP contribution >= 0.6 is 12.1 Å². The minimum atomic E-state index is -2.11. The summed E-state index contributed by atoms with van der Waals surface area (Å²) in [5.74, 6) is 0. The van der Waals surface area contributed by atoms with E-state index in [-0.39, 0.29) is 11.1 Å². The zero-order valence-electron chi connectivity index (χ0n) is 22.0. The Bertz CT molecular complexity index is 1130. The summed E-state index contributed by atoms with van der Waals surface area (Å²) < 4.78 is 5.10. The molecule has 0 radical (unpaired) electrons. The molecule has 0 amide bonds. The molecule has 0 fully saturated rings. The van der Waals surface area contributed by atoms with E-state index in [9.17, 15) is 0 Å². The van der Waals surface area contributed by atoms with E-state index in [4.69, 9.17) is 20.7 Å². The van der Waals surface area contributed by atoms with E-state index in [0.29, 0.717) is 11.1 Å². The van der Waals surface area contributed by atoms with Gasteiger partial charge in [-0.25, -0.2) is 0 Å². The van der Waals surface area contributed by atoms with Crippen LogP contribution in [0.1, 0.15) is 52.7 Å². The van der Waals surface area contributed by atoms with Crippen LogP contribution < -0.4 is 10.2 Å². The van der Waals surface area contributed by atoms with Gasteiger partial charge in [-0.1, -0.05) is 0 Å². The van der Waals surface area contributed by atoms with Gasteiger partial charge in [0.05, 0.1) is 0 Å². The fourth-order valence-corrected chi connectivity index (χ4v) is 32.1. The molecular weight excluding hydrogens is 624 g/mol. The average Bonchev–Trinajstić information content (AvgIpc) is 2.80. The number of anilines is 2. The smallest absolute Gasteiger partial charge is 0.0319 e. The summed E-state index contributed by atoms with van der Waals surface area (Å²) in [6.45, 7) is 13.4. The molecule has 0 saturated heterocycles. The number of aliphatic hydroxyl groups is 2. The number of benzene rings is 2. The molecule has 0 bridgehead atoms. The average molecular weight is 660 g/mol. The van der Waals surface area contributed by atoms with Gasteiger partial charge in [-0.3, -0.25) is 0 Å². The predicted molar refractivity (Wildman–Crippen MR) is 151 cm³/mol. The van der Waals surface area contributed by atoms with Crippen LogP contribution in [0.15, 0.2) is 48.5 Å². The maximum absolute atomic E-state index is 9.15. The molecule has 0 atom stereocenters. The van der Waals surface area contributed by atoms with Gasteiger partial charge < -0.3 is 10.2 Å². The van der Waals surface area contributed by atoms with E-state index in [0.717, 1.165) is 25.6 Å². The van der Waals surface area contributed by atoms with Gasteiger partial charge >= 0.3 is 208 Å². The van der Waals surface area contributed by atoms with Crippen molar-refractivity contribution >= 4 is 54.6 Å². The quantitative estimate of drug-likeness (QED) is 0.270. The molecule has 0 unspecified atom stereocenters. The topological polar surface area (TPSA) is 118 Å². The van der Waals surface area contributed by atoms with Crippen LogP contribution in [0.4, 0.5) is 11.4 Å². The number of nitrogens with one attached hydrogen (secondary N) is 2. The van der Waals surface area contributed by atoms with Crippen LogP contribution in [0.2, 0.25) is 0 Å². The second-order valence-corrected chi connectivity index (χ2v) is 20.9. The van der Waals surface area contributed by atoms with E-state index in [2.05, 4.69) is 103 Å². The molecule has 1 aliphatic rings. The number of rotatable bonds is 4. The van der Waals surface area contributed by atoms with Crippen LogP contribution in [-0.2, 0) is 0 Å². The Labute approximate surface area is 231 Å². The molecule has 0 saturated carbocycles. The molecule has 3 rings (SSSR count). The van der Waals surface area contributed by atoms with E-state index in [1.54, 1.807) is 0 Å². The zero-order chi connectivity index (χ0) is 27.9. The number of aliphatic hydroxyl groups excluding tert-OH is 2. The molecule has 12 heteroatoms. The zero-order valence-corrected chi connectivity index (χ0v) is 27.2. The Kier molecular flexibility index (Phi) is 11.5. The molecule has 0 spiro atoms. The first-order chi connectivity index (χ1) is 16.8. The Morgan fingerprint density at radius 2 is 0.889 bits per heavy atom. The minimum Gasteiger partial charge on any atom is -0.400 e. The SMILES string of the molecule is CC(C)(C)[N+]1=P([Se-])(Nc2ccc(C#N)cc2)[N+](C(C)(C)C)=P1([Se-])Nc1ccc(C#N)cc1.CO.CO. The van der Waals surface area contributed by atoms with Crippen molar-refractivity contribution in [1.82, 2.24) is 0 Å². The summed E-state index contributed by atoms with van der Waals surface area (Å²) in [7, 11) is 2.00. The van der Waals surface area contributed by atoms with Gasteiger partial charge in [-0.15, -0.1) is 0 Å². The number of hydrogen-bond acceptors (Lipinski definition) is 6. The summed E-state index contributed by atoms with van der Waals surface area (Å²) >= 11 is 7.10. The first-order valence-electron chi connectivity index (χ1n) is 11.0. The van der Waals surface area contributed by atoms with Crippen LogP contribution in [0.5, 0.6) is 0 Å². The maximum atomic E-state index is 9.15. The van der Waals surface area contributed by atoms with Crippen LogP contribution in [0, 0.1) is 22.7 Å². The summed E-state index contributed by atoms with van der Waals surface area (Å²) in [5, 5.41) is 39.9. The van der Waals surface area contributed by atoms with Gasteiger partial charge in [0.25, 0.3) is 0 Å². The number of hydrogen-bond donors (Lipinski definition) is 4. The second-order valence-electron chi connectivity index (χ2n) is 9.61. The van der Waals surface area contributed by atoms with Gasteiger partial charge in [-0.05, 0) is 0 Å². The Morgan fingerprint density at radius 1 is 0.639 bits per heavy atom. The largest absolute Gasteiger partial charge is 0.400 e. The normalized spacial score (nSPS) is 20.8. The van der Waals surface area contributed by atoms with Crippen molar-refractivity contribution < 1.29 is 18.4 Å². The van der Waals surface area contributed by atoms with Crippen molar-refractivity contribution in [1.29, 1.82) is 10.5 Å². The molecule has 2 aromatic rings. The van der Waals surface area contributed by atoms with E-state index in [1.165, 1.54) is 0 Å². The first-order valence-corrected chi connectivity index (χ1v) is 18.9. The predicted octanol–water partition coefficient (Wildman–Crippen LogP) is 5.04. The third-order valence-corrected chi connectivity index (χ3v) is 22.0. The van der Waals surface area contributed by atoms with Gasteiger partial charge in [0, 0.05) is 14.2 Å². The van der Waals surface area contributed by atoms with Crippen molar-refractivity contribution in [2.45, 2.75) is 52.6 Å². The monoisotopic (exact) mass is 662 g/mol. The summed E-state index contributed by atoms with van der Waals surface area (Å²) in [6.07, 6.45) is 0. The Balaban J connectivity index is 0.00000154. The molecule has 0 aliphatic carbocycles. The molecule has 2 aromatic carbocycles. The molecule has 8 nitrogen and oxygen atoms in total. The van der Waals surface area contributed by atoms with Crippen molar-refractivity contribution in [3.05, 3.63) is 59.7 Å². The van der Waals surface area contributed by atoms with Gasteiger partial charge in [0.2, 0.25) is 0 Å². The molecule has 196 valence electrons. The number of nitrogens with zero attached hydrogens (tertiary/aromatic N) is 4. The third kappa shape index (κ3) is 6.85. The van der Waals surface area contributed by atoms with Crippen molar-refractivity contribution in [2.24, 2.45) is 0 Å². The Morgan fingerprint density at radius 3 is 1.08 bits per heavy atom.